The van der Waals surface area contributed by atoms with E-state index < -0.39 is 0 Å². The molecule has 0 unspecified atom stereocenters. The molecule has 2 N–H and O–H groups in total. The van der Waals surface area contributed by atoms with E-state index in [1.807, 2.05) is 11.0 Å². The van der Waals surface area contributed by atoms with Crippen LogP contribution in [-0.4, -0.2) is 23.9 Å². The van der Waals surface area contributed by atoms with Gasteiger partial charge in [0.1, 0.15) is 0 Å². The van der Waals surface area contributed by atoms with Gasteiger partial charge in [0.15, 0.2) is 0 Å². The van der Waals surface area contributed by atoms with E-state index in [1.54, 1.807) is 12.1 Å². The third-order valence-electron chi connectivity index (χ3n) is 4.01. The van der Waals surface area contributed by atoms with Crippen LogP contribution in [0.4, 0.5) is 5.69 Å². The van der Waals surface area contributed by atoms with Gasteiger partial charge in [0, 0.05) is 23.2 Å². The third-order valence-corrected chi connectivity index (χ3v) is 4.51. The molecule has 1 aromatic rings. The van der Waals surface area contributed by atoms with E-state index >= 15 is 0 Å². The lowest BCUT2D eigenvalue weighted by Gasteiger charge is -2.34. The molecule has 1 heterocycles. The molecule has 0 atom stereocenters. The Labute approximate surface area is 123 Å². The van der Waals surface area contributed by atoms with Gasteiger partial charge in [-0.25, -0.2) is 0 Å². The van der Waals surface area contributed by atoms with Gasteiger partial charge in [-0.2, -0.15) is 0 Å². The van der Waals surface area contributed by atoms with Crippen molar-refractivity contribution in [3.05, 3.63) is 28.2 Å². The average Bonchev–Trinajstić information content (AvgIpc) is 2.38. The predicted molar refractivity (Wildman–Crippen MR) is 82.0 cm³/mol. The highest BCUT2D eigenvalue weighted by Crippen LogP contribution is 2.26. The van der Waals surface area contributed by atoms with Crippen LogP contribution < -0.4 is 5.73 Å². The number of piperidine rings is 1. The summed E-state index contributed by atoms with van der Waals surface area (Å²) < 4.78 is 0.903. The third kappa shape index (κ3) is 3.30. The molecule has 19 heavy (non-hydrogen) atoms. The van der Waals surface area contributed by atoms with Crippen LogP contribution in [0.25, 0.3) is 0 Å². The number of carbonyl (C=O) groups is 1. The standard InChI is InChI=1S/C15H21BrN2O/c1-10(2)11-5-7-18(8-6-11)15(19)13-4-3-12(16)9-14(13)17/h3-4,9-11H,5-8,17H2,1-2H3. The predicted octanol–water partition coefficient (Wildman–Crippen LogP) is 3.54. The van der Waals surface area contributed by atoms with Crippen LogP contribution >= 0.6 is 15.9 Å². The monoisotopic (exact) mass is 324 g/mol. The van der Waals surface area contributed by atoms with Gasteiger partial charge < -0.3 is 10.6 Å². The van der Waals surface area contributed by atoms with Gasteiger partial charge in [-0.1, -0.05) is 29.8 Å². The van der Waals surface area contributed by atoms with Crippen LogP contribution in [0.1, 0.15) is 37.0 Å². The number of anilines is 1. The molecule has 4 heteroatoms. The van der Waals surface area contributed by atoms with Crippen molar-refractivity contribution in [1.82, 2.24) is 4.90 Å². The van der Waals surface area contributed by atoms with Crippen LogP contribution in [0.5, 0.6) is 0 Å². The molecule has 1 saturated heterocycles. The van der Waals surface area contributed by atoms with Gasteiger partial charge >= 0.3 is 0 Å². The first-order valence-electron chi connectivity index (χ1n) is 6.83. The molecule has 1 aliphatic rings. The molecular weight excluding hydrogens is 304 g/mol. The van der Waals surface area contributed by atoms with E-state index in [0.29, 0.717) is 17.2 Å². The lowest BCUT2D eigenvalue weighted by atomic mass is 9.86. The summed E-state index contributed by atoms with van der Waals surface area (Å²) in [7, 11) is 0. The van der Waals surface area contributed by atoms with Gasteiger partial charge in [-0.15, -0.1) is 0 Å². The Hall–Kier alpha value is -1.03. The van der Waals surface area contributed by atoms with Gasteiger partial charge in [0.2, 0.25) is 0 Å². The molecule has 0 saturated carbocycles. The molecule has 0 radical (unpaired) electrons. The first kappa shape index (κ1) is 14.4. The second-order valence-corrected chi connectivity index (χ2v) is 6.52. The number of amides is 1. The van der Waals surface area contributed by atoms with Crippen molar-refractivity contribution in [3.8, 4) is 0 Å². The highest BCUT2D eigenvalue weighted by molar-refractivity contribution is 9.10. The van der Waals surface area contributed by atoms with Gasteiger partial charge in [0.25, 0.3) is 5.91 Å². The number of halogens is 1. The second kappa shape index (κ2) is 5.95. The maximum absolute atomic E-state index is 12.4. The fraction of sp³-hybridized carbons (Fsp3) is 0.533. The topological polar surface area (TPSA) is 46.3 Å². The molecule has 3 nitrogen and oxygen atoms in total. The number of rotatable bonds is 2. The van der Waals surface area contributed by atoms with E-state index in [1.165, 1.54) is 0 Å². The first-order valence-corrected chi connectivity index (χ1v) is 7.62. The molecule has 0 spiro atoms. The fourth-order valence-electron chi connectivity index (χ4n) is 2.67. The Morgan fingerprint density at radius 3 is 2.53 bits per heavy atom. The highest BCUT2D eigenvalue weighted by atomic mass is 79.9. The first-order chi connectivity index (χ1) is 8.99. The van der Waals surface area contributed by atoms with Gasteiger partial charge in [-0.3, -0.25) is 4.79 Å². The summed E-state index contributed by atoms with van der Waals surface area (Å²) in [6, 6.07) is 5.45. The fourth-order valence-corrected chi connectivity index (χ4v) is 3.05. The minimum atomic E-state index is 0.0622. The molecule has 0 aromatic heterocycles. The number of hydrogen-bond donors (Lipinski definition) is 1. The zero-order valence-electron chi connectivity index (χ0n) is 11.5. The summed E-state index contributed by atoms with van der Waals surface area (Å²) in [6.45, 7) is 6.21. The van der Waals surface area contributed by atoms with Crippen LogP contribution in [0, 0.1) is 11.8 Å². The largest absolute Gasteiger partial charge is 0.398 e. The quantitative estimate of drug-likeness (QED) is 0.846. The number of nitrogen functional groups attached to an aromatic ring is 1. The Bertz CT molecular complexity index is 465. The van der Waals surface area contributed by atoms with Crippen molar-refractivity contribution < 1.29 is 4.79 Å². The summed E-state index contributed by atoms with van der Waals surface area (Å²) in [5.41, 5.74) is 7.09. The summed E-state index contributed by atoms with van der Waals surface area (Å²) in [4.78, 5) is 14.4. The zero-order valence-corrected chi connectivity index (χ0v) is 13.1. The molecule has 1 aliphatic heterocycles. The van der Waals surface area contributed by atoms with Crippen molar-refractivity contribution in [3.63, 3.8) is 0 Å². The number of nitrogens with zero attached hydrogens (tertiary/aromatic N) is 1. The molecule has 2 rings (SSSR count). The molecular formula is C15H21BrN2O. The highest BCUT2D eigenvalue weighted by Gasteiger charge is 2.25. The number of benzene rings is 1. The number of hydrogen-bond acceptors (Lipinski definition) is 2. The maximum Gasteiger partial charge on any atom is 0.255 e. The van der Waals surface area contributed by atoms with Crippen LogP contribution in [0.3, 0.4) is 0 Å². The van der Waals surface area contributed by atoms with E-state index in [0.717, 1.165) is 36.3 Å². The summed E-state index contributed by atoms with van der Waals surface area (Å²) >= 11 is 3.36. The smallest absolute Gasteiger partial charge is 0.255 e. The van der Waals surface area contributed by atoms with Crippen molar-refractivity contribution in [2.24, 2.45) is 11.8 Å². The van der Waals surface area contributed by atoms with Crippen LogP contribution in [0.15, 0.2) is 22.7 Å². The Morgan fingerprint density at radius 2 is 2.00 bits per heavy atom. The van der Waals surface area contributed by atoms with Crippen molar-refractivity contribution in [2.75, 3.05) is 18.8 Å². The Kier molecular flexibility index (Phi) is 4.50. The Balaban J connectivity index is 2.05. The SMILES string of the molecule is CC(C)C1CCN(C(=O)c2ccc(Br)cc2N)CC1. The van der Waals surface area contributed by atoms with Crippen molar-refractivity contribution in [1.29, 1.82) is 0 Å². The zero-order chi connectivity index (χ0) is 14.0. The maximum atomic E-state index is 12.4. The van der Waals surface area contributed by atoms with E-state index in [9.17, 15) is 4.79 Å². The van der Waals surface area contributed by atoms with Gasteiger partial charge in [0.05, 0.1) is 5.56 Å². The molecule has 0 bridgehead atoms. The van der Waals surface area contributed by atoms with Crippen molar-refractivity contribution >= 4 is 27.5 Å². The number of likely N-dealkylation sites (tertiary alicyclic amines) is 1. The van der Waals surface area contributed by atoms with Crippen LogP contribution in [0.2, 0.25) is 0 Å². The minimum absolute atomic E-state index is 0.0622. The number of carbonyl (C=O) groups excluding carboxylic acids is 1. The minimum Gasteiger partial charge on any atom is -0.398 e. The lowest BCUT2D eigenvalue weighted by Crippen LogP contribution is -2.39. The number of nitrogens with two attached hydrogens (primary N) is 1. The second-order valence-electron chi connectivity index (χ2n) is 5.61. The van der Waals surface area contributed by atoms with E-state index in [-0.39, 0.29) is 5.91 Å². The van der Waals surface area contributed by atoms with Gasteiger partial charge in [-0.05, 0) is 42.9 Å². The van der Waals surface area contributed by atoms with Crippen molar-refractivity contribution in [2.45, 2.75) is 26.7 Å². The van der Waals surface area contributed by atoms with E-state index in [4.69, 9.17) is 5.73 Å². The van der Waals surface area contributed by atoms with Crippen LogP contribution in [-0.2, 0) is 0 Å². The van der Waals surface area contributed by atoms with E-state index in [2.05, 4.69) is 29.8 Å². The molecule has 1 amide bonds. The lowest BCUT2D eigenvalue weighted by molar-refractivity contribution is 0.0669. The average molecular weight is 325 g/mol. The molecule has 1 fully saturated rings. The molecule has 1 aromatic carbocycles. The molecule has 0 aliphatic carbocycles. The molecule has 104 valence electrons. The summed E-state index contributed by atoms with van der Waals surface area (Å²) in [5.74, 6) is 1.51. The summed E-state index contributed by atoms with van der Waals surface area (Å²) in [6.07, 6.45) is 2.19. The summed E-state index contributed by atoms with van der Waals surface area (Å²) in [5, 5.41) is 0. The normalized spacial score (nSPS) is 16.9. The Morgan fingerprint density at radius 1 is 1.37 bits per heavy atom.